The first-order chi connectivity index (χ1) is 6.77. The normalized spacial score (nSPS) is 12.5. The van der Waals surface area contributed by atoms with Crippen LogP contribution in [0.1, 0.15) is 0 Å². The number of anilines is 1. The van der Waals surface area contributed by atoms with Crippen LogP contribution < -0.4 is 5.32 Å². The molecule has 0 aliphatic rings. The minimum atomic E-state index is 0.0490. The van der Waals surface area contributed by atoms with Crippen LogP contribution in [-0.2, 0) is 4.74 Å². The molecule has 0 saturated heterocycles. The number of hydrogen-bond acceptors (Lipinski definition) is 4. The average molecular weight is 281 g/mol. The molecule has 0 bridgehead atoms. The van der Waals surface area contributed by atoms with Gasteiger partial charge in [0.25, 0.3) is 0 Å². The van der Waals surface area contributed by atoms with Gasteiger partial charge in [0, 0.05) is 19.2 Å². The summed E-state index contributed by atoms with van der Waals surface area (Å²) in [6.45, 7) is 0.542. The molecule has 0 amide bonds. The summed E-state index contributed by atoms with van der Waals surface area (Å²) in [5, 5.41) is 3.14. The minimum Gasteiger partial charge on any atom is -0.383 e. The average Bonchev–Trinajstić information content (AvgIpc) is 2.20. The Bertz CT molecular complexity index is 287. The summed E-state index contributed by atoms with van der Waals surface area (Å²) in [6.07, 6.45) is 3.15. The largest absolute Gasteiger partial charge is 0.383 e. The molecule has 1 N–H and O–H groups in total. The zero-order chi connectivity index (χ0) is 10.4. The molecule has 0 fully saturated rings. The Hall–Kier alpha value is -0.390. The number of ether oxygens (including phenoxy) is 1. The lowest BCUT2D eigenvalue weighted by atomic mass is 10.3. The molecule has 4 nitrogen and oxygen atoms in total. The highest BCUT2D eigenvalue weighted by Crippen LogP contribution is 2.18. The predicted molar refractivity (Wildman–Crippen MR) is 59.7 cm³/mol. The van der Waals surface area contributed by atoms with E-state index in [1.165, 1.54) is 6.33 Å². The van der Waals surface area contributed by atoms with Gasteiger partial charge in [-0.25, -0.2) is 9.97 Å². The SMILES string of the molecule is COCC(CCl)Nc1ncncc1Br. The summed E-state index contributed by atoms with van der Waals surface area (Å²) in [5.74, 6) is 1.19. The second-order valence-corrected chi connectivity index (χ2v) is 3.83. The second-order valence-electron chi connectivity index (χ2n) is 2.67. The molecule has 1 heterocycles. The third-order valence-electron chi connectivity index (χ3n) is 1.56. The molecule has 0 aliphatic heterocycles. The van der Waals surface area contributed by atoms with Crippen LogP contribution in [0.4, 0.5) is 5.82 Å². The fourth-order valence-electron chi connectivity index (χ4n) is 0.938. The molecule has 1 unspecified atom stereocenters. The number of methoxy groups -OCH3 is 1. The maximum absolute atomic E-state index is 5.75. The monoisotopic (exact) mass is 279 g/mol. The maximum Gasteiger partial charge on any atom is 0.144 e. The van der Waals surface area contributed by atoms with Crippen molar-refractivity contribution in [2.24, 2.45) is 0 Å². The number of alkyl halides is 1. The number of hydrogen-bond donors (Lipinski definition) is 1. The van der Waals surface area contributed by atoms with E-state index in [9.17, 15) is 0 Å². The van der Waals surface area contributed by atoms with E-state index >= 15 is 0 Å². The van der Waals surface area contributed by atoms with Crippen molar-refractivity contribution >= 4 is 33.3 Å². The molecular weight excluding hydrogens is 269 g/mol. The number of rotatable bonds is 5. The van der Waals surface area contributed by atoms with Gasteiger partial charge < -0.3 is 10.1 Å². The van der Waals surface area contributed by atoms with Gasteiger partial charge in [0.05, 0.1) is 17.1 Å². The molecule has 6 heteroatoms. The van der Waals surface area contributed by atoms with E-state index in [4.69, 9.17) is 16.3 Å². The van der Waals surface area contributed by atoms with Gasteiger partial charge in [0.2, 0.25) is 0 Å². The lowest BCUT2D eigenvalue weighted by Gasteiger charge is -2.15. The van der Waals surface area contributed by atoms with E-state index in [0.717, 1.165) is 10.3 Å². The van der Waals surface area contributed by atoms with Crippen LogP contribution in [0.3, 0.4) is 0 Å². The van der Waals surface area contributed by atoms with Crippen molar-refractivity contribution in [3.8, 4) is 0 Å². The summed E-state index contributed by atoms with van der Waals surface area (Å²) in [5.41, 5.74) is 0. The Morgan fingerprint density at radius 2 is 2.50 bits per heavy atom. The van der Waals surface area contributed by atoms with Gasteiger partial charge in [0.15, 0.2) is 0 Å². The van der Waals surface area contributed by atoms with Crippen LogP contribution in [-0.4, -0.2) is 35.6 Å². The summed E-state index contributed by atoms with van der Waals surface area (Å²) >= 11 is 9.08. The van der Waals surface area contributed by atoms with Crippen molar-refractivity contribution in [1.82, 2.24) is 9.97 Å². The van der Waals surface area contributed by atoms with E-state index in [1.807, 2.05) is 0 Å². The van der Waals surface area contributed by atoms with Crippen LogP contribution in [0.2, 0.25) is 0 Å². The fourth-order valence-corrected chi connectivity index (χ4v) is 1.44. The highest BCUT2D eigenvalue weighted by molar-refractivity contribution is 9.10. The molecule has 78 valence electrons. The number of nitrogens with zero attached hydrogens (tertiary/aromatic N) is 2. The van der Waals surface area contributed by atoms with E-state index < -0.39 is 0 Å². The lowest BCUT2D eigenvalue weighted by molar-refractivity contribution is 0.191. The first-order valence-corrected chi connectivity index (χ1v) is 5.37. The van der Waals surface area contributed by atoms with Crippen LogP contribution in [0.5, 0.6) is 0 Å². The number of nitrogens with one attached hydrogen (secondary N) is 1. The fraction of sp³-hybridized carbons (Fsp3) is 0.500. The summed E-state index contributed by atoms with van der Waals surface area (Å²) in [6, 6.07) is 0.0490. The molecule has 0 radical (unpaired) electrons. The van der Waals surface area contributed by atoms with Crippen molar-refractivity contribution in [3.05, 3.63) is 17.0 Å². The van der Waals surface area contributed by atoms with Crippen LogP contribution in [0.15, 0.2) is 17.0 Å². The molecule has 1 aromatic rings. The van der Waals surface area contributed by atoms with Crippen LogP contribution in [0.25, 0.3) is 0 Å². The smallest absolute Gasteiger partial charge is 0.144 e. The molecule has 1 atom stereocenters. The Kier molecular flexibility index (Phi) is 5.14. The molecule has 0 saturated carbocycles. The summed E-state index contributed by atoms with van der Waals surface area (Å²) in [4.78, 5) is 7.93. The Morgan fingerprint density at radius 1 is 1.71 bits per heavy atom. The molecule has 1 rings (SSSR count). The predicted octanol–water partition coefficient (Wildman–Crippen LogP) is 1.90. The van der Waals surface area contributed by atoms with Gasteiger partial charge >= 0.3 is 0 Å². The van der Waals surface area contributed by atoms with E-state index in [2.05, 4.69) is 31.2 Å². The molecule has 1 aromatic heterocycles. The van der Waals surface area contributed by atoms with Crippen molar-refractivity contribution in [2.75, 3.05) is 24.9 Å². The van der Waals surface area contributed by atoms with Gasteiger partial charge in [-0.15, -0.1) is 11.6 Å². The third kappa shape index (κ3) is 3.40. The topological polar surface area (TPSA) is 47.0 Å². The van der Waals surface area contributed by atoms with Gasteiger partial charge in [0.1, 0.15) is 12.1 Å². The zero-order valence-electron chi connectivity index (χ0n) is 7.70. The van der Waals surface area contributed by atoms with E-state index in [1.54, 1.807) is 13.3 Å². The lowest BCUT2D eigenvalue weighted by Crippen LogP contribution is -2.27. The number of halogens is 2. The first kappa shape index (κ1) is 11.7. The van der Waals surface area contributed by atoms with E-state index in [-0.39, 0.29) is 6.04 Å². The third-order valence-corrected chi connectivity index (χ3v) is 2.52. The minimum absolute atomic E-state index is 0.0490. The summed E-state index contributed by atoms with van der Waals surface area (Å²) < 4.78 is 5.81. The second kappa shape index (κ2) is 6.16. The van der Waals surface area contributed by atoms with Crippen molar-refractivity contribution in [3.63, 3.8) is 0 Å². The van der Waals surface area contributed by atoms with Crippen LogP contribution >= 0.6 is 27.5 Å². The molecule has 0 spiro atoms. The molecule has 0 aliphatic carbocycles. The molecular formula is C8H11BrClN3O. The standard InChI is InChI=1S/C8H11BrClN3O/c1-14-4-6(2-10)13-8-7(9)3-11-5-12-8/h3,5-6H,2,4H2,1H3,(H,11,12,13). The van der Waals surface area contributed by atoms with Gasteiger partial charge in [-0.1, -0.05) is 0 Å². The Morgan fingerprint density at radius 3 is 3.07 bits per heavy atom. The van der Waals surface area contributed by atoms with Gasteiger partial charge in [-0.2, -0.15) is 0 Å². The van der Waals surface area contributed by atoms with Crippen molar-refractivity contribution < 1.29 is 4.74 Å². The highest BCUT2D eigenvalue weighted by Gasteiger charge is 2.09. The molecule has 14 heavy (non-hydrogen) atoms. The Balaban J connectivity index is 2.62. The zero-order valence-corrected chi connectivity index (χ0v) is 10.0. The number of aromatic nitrogens is 2. The maximum atomic E-state index is 5.75. The summed E-state index contributed by atoms with van der Waals surface area (Å²) in [7, 11) is 1.64. The van der Waals surface area contributed by atoms with Crippen molar-refractivity contribution in [1.29, 1.82) is 0 Å². The van der Waals surface area contributed by atoms with Gasteiger partial charge in [-0.3, -0.25) is 0 Å². The first-order valence-electron chi connectivity index (χ1n) is 4.05. The molecule has 0 aromatic carbocycles. The van der Waals surface area contributed by atoms with Gasteiger partial charge in [-0.05, 0) is 15.9 Å². The van der Waals surface area contributed by atoms with E-state index in [0.29, 0.717) is 12.5 Å². The quantitative estimate of drug-likeness (QED) is 0.837. The van der Waals surface area contributed by atoms with Crippen molar-refractivity contribution in [2.45, 2.75) is 6.04 Å². The Labute approximate surface area is 96.2 Å². The highest BCUT2D eigenvalue weighted by atomic mass is 79.9. The van der Waals surface area contributed by atoms with Crippen LogP contribution in [0, 0.1) is 0 Å².